The van der Waals surface area contributed by atoms with Gasteiger partial charge >= 0.3 is 0 Å². The van der Waals surface area contributed by atoms with Crippen molar-refractivity contribution in [2.75, 3.05) is 0 Å². The molecule has 1 aromatic carbocycles. The van der Waals surface area contributed by atoms with Gasteiger partial charge in [0, 0.05) is 28.4 Å². The molecule has 0 aliphatic heterocycles. The van der Waals surface area contributed by atoms with Gasteiger partial charge in [0.25, 0.3) is 5.91 Å². The van der Waals surface area contributed by atoms with Gasteiger partial charge in [-0.1, -0.05) is 11.6 Å². The molecule has 5 heteroatoms. The van der Waals surface area contributed by atoms with E-state index >= 15 is 0 Å². The first-order chi connectivity index (χ1) is 9.52. The van der Waals surface area contributed by atoms with E-state index in [1.807, 2.05) is 31.6 Å². The fourth-order valence-corrected chi connectivity index (χ4v) is 2.29. The summed E-state index contributed by atoms with van der Waals surface area (Å²) in [6.45, 7) is 6.83. The van der Waals surface area contributed by atoms with Crippen molar-refractivity contribution in [1.82, 2.24) is 15.1 Å². The Balaban J connectivity index is 2.10. The van der Waals surface area contributed by atoms with Gasteiger partial charge in [0.05, 0.1) is 12.2 Å². The van der Waals surface area contributed by atoms with E-state index in [4.69, 9.17) is 11.6 Å². The SMILES string of the molecule is CCn1ncc(C(C)NC(=O)c2ccc(Cl)cc2)c1C. The van der Waals surface area contributed by atoms with E-state index in [0.29, 0.717) is 10.6 Å². The molecule has 0 bridgehead atoms. The molecule has 1 aromatic heterocycles. The second-order valence-corrected chi connectivity index (χ2v) is 5.14. The van der Waals surface area contributed by atoms with Crippen molar-refractivity contribution < 1.29 is 4.79 Å². The zero-order valence-corrected chi connectivity index (χ0v) is 12.6. The maximum atomic E-state index is 12.1. The summed E-state index contributed by atoms with van der Waals surface area (Å²) in [4.78, 5) is 12.1. The number of carbonyl (C=O) groups excluding carboxylic acids is 1. The minimum Gasteiger partial charge on any atom is -0.345 e. The van der Waals surface area contributed by atoms with Crippen molar-refractivity contribution in [1.29, 1.82) is 0 Å². The lowest BCUT2D eigenvalue weighted by atomic mass is 10.1. The largest absolute Gasteiger partial charge is 0.345 e. The number of aromatic nitrogens is 2. The molecule has 4 nitrogen and oxygen atoms in total. The first-order valence-electron chi connectivity index (χ1n) is 6.61. The second kappa shape index (κ2) is 6.09. The third kappa shape index (κ3) is 3.02. The monoisotopic (exact) mass is 291 g/mol. The third-order valence-electron chi connectivity index (χ3n) is 3.36. The summed E-state index contributed by atoms with van der Waals surface area (Å²) in [7, 11) is 0. The number of nitrogens with one attached hydrogen (secondary N) is 1. The molecule has 1 N–H and O–H groups in total. The first-order valence-corrected chi connectivity index (χ1v) is 6.99. The average Bonchev–Trinajstić information content (AvgIpc) is 2.80. The minimum atomic E-state index is -0.113. The van der Waals surface area contributed by atoms with Gasteiger partial charge in [-0.05, 0) is 45.0 Å². The highest BCUT2D eigenvalue weighted by Gasteiger charge is 2.15. The van der Waals surface area contributed by atoms with Crippen LogP contribution in [-0.2, 0) is 6.54 Å². The highest BCUT2D eigenvalue weighted by Crippen LogP contribution is 2.18. The summed E-state index contributed by atoms with van der Waals surface area (Å²) in [6, 6.07) is 6.76. The maximum Gasteiger partial charge on any atom is 0.251 e. The lowest BCUT2D eigenvalue weighted by Crippen LogP contribution is -2.26. The van der Waals surface area contributed by atoms with E-state index in [-0.39, 0.29) is 11.9 Å². The zero-order valence-electron chi connectivity index (χ0n) is 11.9. The molecule has 1 unspecified atom stereocenters. The summed E-state index contributed by atoms with van der Waals surface area (Å²) in [5, 5.41) is 7.89. The van der Waals surface area contributed by atoms with Crippen LogP contribution in [-0.4, -0.2) is 15.7 Å². The second-order valence-electron chi connectivity index (χ2n) is 4.70. The molecule has 1 heterocycles. The van der Waals surface area contributed by atoms with Crippen LogP contribution in [0.4, 0.5) is 0 Å². The number of nitrogens with zero attached hydrogens (tertiary/aromatic N) is 2. The number of hydrogen-bond acceptors (Lipinski definition) is 2. The van der Waals surface area contributed by atoms with Crippen LogP contribution in [0.25, 0.3) is 0 Å². The lowest BCUT2D eigenvalue weighted by Gasteiger charge is -2.14. The number of amides is 1. The van der Waals surface area contributed by atoms with Gasteiger partial charge in [-0.15, -0.1) is 0 Å². The minimum absolute atomic E-state index is 0.0847. The summed E-state index contributed by atoms with van der Waals surface area (Å²) < 4.78 is 1.92. The Morgan fingerprint density at radius 1 is 1.40 bits per heavy atom. The standard InChI is InChI=1S/C15H18ClN3O/c1-4-19-11(3)14(9-17-19)10(2)18-15(20)12-5-7-13(16)8-6-12/h5-10H,4H2,1-3H3,(H,18,20). The van der Waals surface area contributed by atoms with E-state index in [2.05, 4.69) is 10.4 Å². The molecule has 0 aliphatic rings. The number of halogens is 1. The molecule has 0 spiro atoms. The molecular weight excluding hydrogens is 274 g/mol. The van der Waals surface area contributed by atoms with E-state index < -0.39 is 0 Å². The lowest BCUT2D eigenvalue weighted by molar-refractivity contribution is 0.0940. The summed E-state index contributed by atoms with van der Waals surface area (Å²) in [5.41, 5.74) is 2.72. The summed E-state index contributed by atoms with van der Waals surface area (Å²) >= 11 is 5.81. The normalized spacial score (nSPS) is 12.2. The van der Waals surface area contributed by atoms with Crippen molar-refractivity contribution in [2.24, 2.45) is 0 Å². The number of benzene rings is 1. The summed E-state index contributed by atoms with van der Waals surface area (Å²) in [6.07, 6.45) is 1.81. The van der Waals surface area contributed by atoms with E-state index in [1.54, 1.807) is 24.3 Å². The topological polar surface area (TPSA) is 46.9 Å². The smallest absolute Gasteiger partial charge is 0.251 e. The highest BCUT2D eigenvalue weighted by atomic mass is 35.5. The molecule has 1 atom stereocenters. The van der Waals surface area contributed by atoms with Gasteiger partial charge in [0.1, 0.15) is 0 Å². The molecule has 1 amide bonds. The molecule has 20 heavy (non-hydrogen) atoms. The Kier molecular flexibility index (Phi) is 4.45. The fourth-order valence-electron chi connectivity index (χ4n) is 2.16. The van der Waals surface area contributed by atoms with Crippen LogP contribution in [0.5, 0.6) is 0 Å². The number of aryl methyl sites for hydroxylation is 1. The van der Waals surface area contributed by atoms with Gasteiger partial charge in [0.2, 0.25) is 0 Å². The Bertz CT molecular complexity index is 604. The molecule has 0 saturated carbocycles. The molecule has 2 rings (SSSR count). The molecular formula is C15H18ClN3O. The van der Waals surface area contributed by atoms with Crippen molar-refractivity contribution >= 4 is 17.5 Å². The van der Waals surface area contributed by atoms with Gasteiger partial charge < -0.3 is 5.32 Å². The van der Waals surface area contributed by atoms with Gasteiger partial charge in [-0.3, -0.25) is 9.48 Å². The van der Waals surface area contributed by atoms with Gasteiger partial charge in [-0.25, -0.2) is 0 Å². The van der Waals surface area contributed by atoms with Crippen LogP contribution in [0.15, 0.2) is 30.5 Å². The van der Waals surface area contributed by atoms with Crippen molar-refractivity contribution in [3.05, 3.63) is 52.3 Å². The highest BCUT2D eigenvalue weighted by molar-refractivity contribution is 6.30. The van der Waals surface area contributed by atoms with E-state index in [1.165, 1.54) is 0 Å². The van der Waals surface area contributed by atoms with E-state index in [9.17, 15) is 4.79 Å². The van der Waals surface area contributed by atoms with Gasteiger partial charge in [0.15, 0.2) is 0 Å². The van der Waals surface area contributed by atoms with Crippen molar-refractivity contribution in [3.8, 4) is 0 Å². The Labute approximate surface area is 123 Å². The van der Waals surface area contributed by atoms with Crippen LogP contribution in [0, 0.1) is 6.92 Å². The molecule has 0 fully saturated rings. The number of carbonyl (C=O) groups is 1. The first kappa shape index (κ1) is 14.6. The average molecular weight is 292 g/mol. The van der Waals surface area contributed by atoms with Crippen LogP contribution < -0.4 is 5.32 Å². The van der Waals surface area contributed by atoms with Crippen LogP contribution in [0.3, 0.4) is 0 Å². The molecule has 2 aromatic rings. The Hall–Kier alpha value is -1.81. The van der Waals surface area contributed by atoms with E-state index in [0.717, 1.165) is 17.8 Å². The Morgan fingerprint density at radius 2 is 2.05 bits per heavy atom. The van der Waals surface area contributed by atoms with Crippen LogP contribution in [0.1, 0.15) is 41.5 Å². The van der Waals surface area contributed by atoms with Crippen molar-refractivity contribution in [3.63, 3.8) is 0 Å². The molecule has 106 valence electrons. The Morgan fingerprint density at radius 3 is 2.60 bits per heavy atom. The summed E-state index contributed by atoms with van der Waals surface area (Å²) in [5.74, 6) is -0.113. The maximum absolute atomic E-state index is 12.1. The quantitative estimate of drug-likeness (QED) is 0.939. The zero-order chi connectivity index (χ0) is 14.7. The number of rotatable bonds is 4. The number of hydrogen-bond donors (Lipinski definition) is 1. The third-order valence-corrected chi connectivity index (χ3v) is 3.61. The molecule has 0 aliphatic carbocycles. The molecule has 0 saturated heterocycles. The van der Waals surface area contributed by atoms with Crippen LogP contribution in [0.2, 0.25) is 5.02 Å². The predicted octanol–water partition coefficient (Wildman–Crippen LogP) is 3.36. The molecule has 0 radical (unpaired) electrons. The van der Waals surface area contributed by atoms with Crippen LogP contribution >= 0.6 is 11.6 Å². The predicted molar refractivity (Wildman–Crippen MR) is 80.0 cm³/mol. The fraction of sp³-hybridized carbons (Fsp3) is 0.333. The van der Waals surface area contributed by atoms with Crippen molar-refractivity contribution in [2.45, 2.75) is 33.4 Å². The van der Waals surface area contributed by atoms with Gasteiger partial charge in [-0.2, -0.15) is 5.10 Å².